The van der Waals surface area contributed by atoms with Gasteiger partial charge in [-0.1, -0.05) is 0 Å². The molecule has 0 atom stereocenters. The van der Waals surface area contributed by atoms with Crippen molar-refractivity contribution in [2.45, 2.75) is 12.8 Å². The smallest absolute Gasteiger partial charge is 0.748 e. The molecule has 3 rings (SSSR count). The second kappa shape index (κ2) is 12.2. The van der Waals surface area contributed by atoms with E-state index in [9.17, 15) is 22.6 Å². The number of fused-ring (bicyclic) bond motifs is 1. The number of nitrogens with zero attached hydrogens (tertiary/aromatic N) is 3. The third-order valence-electron chi connectivity index (χ3n) is 5.20. The molecule has 0 spiro atoms. The summed E-state index contributed by atoms with van der Waals surface area (Å²) in [5, 5.41) is 0.163. The summed E-state index contributed by atoms with van der Waals surface area (Å²) in [6, 6.07) is 5.25. The minimum absolute atomic E-state index is 0. The zero-order valence-corrected chi connectivity index (χ0v) is 23.5. The van der Waals surface area contributed by atoms with Crippen molar-refractivity contribution < 1.29 is 66.3 Å². The summed E-state index contributed by atoms with van der Waals surface area (Å²) in [5.41, 5.74) is 0.882. The molecule has 0 aromatic heterocycles. The van der Waals surface area contributed by atoms with Gasteiger partial charge in [0.1, 0.15) is 18.0 Å². The Morgan fingerprint density at radius 1 is 1.20 bits per heavy atom. The number of methoxy groups -OCH3 is 2. The maximum atomic E-state index is 12.7. The van der Waals surface area contributed by atoms with Crippen LogP contribution in [0.15, 0.2) is 41.9 Å². The van der Waals surface area contributed by atoms with Crippen molar-refractivity contribution in [3.63, 3.8) is 0 Å². The number of rotatable bonds is 9. The largest absolute Gasteiger partial charge is 1.00 e. The monoisotopic (exact) mass is 533 g/mol. The Labute approximate surface area is 231 Å². The molecule has 1 aromatic carbocycles. The molecule has 2 heterocycles. The zero-order chi connectivity index (χ0) is 25.0. The first-order chi connectivity index (χ1) is 16.1. The van der Waals surface area contributed by atoms with Gasteiger partial charge < -0.3 is 28.6 Å². The van der Waals surface area contributed by atoms with Crippen LogP contribution < -0.4 is 43.9 Å². The average Bonchev–Trinajstić information content (AvgIpc) is 3.24. The van der Waals surface area contributed by atoms with Crippen molar-refractivity contribution in [3.05, 3.63) is 41.9 Å². The van der Waals surface area contributed by atoms with E-state index >= 15 is 0 Å². The number of carbonyl (C=O) groups is 2. The van der Waals surface area contributed by atoms with Gasteiger partial charge in [0, 0.05) is 31.5 Å². The molecular weight excluding hydrogens is 509 g/mol. The Morgan fingerprint density at radius 3 is 2.54 bits per heavy atom. The number of benzene rings is 1. The summed E-state index contributed by atoms with van der Waals surface area (Å²) in [5.74, 6) is 0.0500. The third-order valence-corrected chi connectivity index (χ3v) is 6.48. The van der Waals surface area contributed by atoms with Gasteiger partial charge in [-0.3, -0.25) is 14.5 Å². The minimum atomic E-state index is -4.30. The number of carbonyl (C=O) groups excluding carboxylic acids is 2. The molecule has 11 nitrogen and oxygen atoms in total. The van der Waals surface area contributed by atoms with E-state index in [4.69, 9.17) is 26.4 Å². The van der Waals surface area contributed by atoms with Crippen molar-refractivity contribution in [1.82, 2.24) is 9.80 Å². The van der Waals surface area contributed by atoms with E-state index in [0.717, 1.165) is 0 Å². The van der Waals surface area contributed by atoms with E-state index in [1.54, 1.807) is 29.2 Å². The standard InChI is InChI=1S/C21H25N3O8S2.Na/c1-22-20(26)16(24(21(22)33)13-19(25)31-3)8-9-18-23(10-4-5-11-34(27,28)29)15-7-6-14(30-2)12-17(15)32-18;/h6-9,12H,4-5,10-11,13H2,1-3H3,(H,27,28,29);/q;+1/p-1/b16-8+,18-9-;. The molecule has 2 aliphatic heterocycles. The number of unbranched alkanes of at least 4 members (excludes halogenated alkanes) is 1. The maximum Gasteiger partial charge on any atom is 1.00 e. The Balaban J connectivity index is 0.00000432. The van der Waals surface area contributed by atoms with E-state index in [2.05, 4.69) is 0 Å². The first-order valence-corrected chi connectivity index (χ1v) is 12.2. The summed E-state index contributed by atoms with van der Waals surface area (Å²) in [7, 11) is -0.0198. The van der Waals surface area contributed by atoms with Gasteiger partial charge in [-0.25, -0.2) is 8.42 Å². The second-order valence-corrected chi connectivity index (χ2v) is 9.31. The predicted molar refractivity (Wildman–Crippen MR) is 125 cm³/mol. The van der Waals surface area contributed by atoms with Crippen LogP contribution in [0, 0.1) is 0 Å². The molecule has 1 aromatic rings. The van der Waals surface area contributed by atoms with Gasteiger partial charge in [0.15, 0.2) is 10.9 Å². The zero-order valence-electron chi connectivity index (χ0n) is 19.8. The van der Waals surface area contributed by atoms with Crippen LogP contribution in [0.4, 0.5) is 5.69 Å². The van der Waals surface area contributed by atoms with Crippen LogP contribution in [0.1, 0.15) is 12.8 Å². The number of hydrogen-bond donors (Lipinski definition) is 0. The van der Waals surface area contributed by atoms with Crippen LogP contribution in [0.2, 0.25) is 0 Å². The fourth-order valence-electron chi connectivity index (χ4n) is 3.43. The molecule has 0 radical (unpaired) electrons. The Bertz CT molecular complexity index is 1170. The normalized spacial score (nSPS) is 17.5. The van der Waals surface area contributed by atoms with Crippen LogP contribution in [0.3, 0.4) is 0 Å². The fraction of sp³-hybridized carbons (Fsp3) is 0.381. The molecule has 14 heteroatoms. The molecule has 184 valence electrons. The predicted octanol–water partition coefficient (Wildman–Crippen LogP) is -1.82. The Morgan fingerprint density at radius 2 is 1.91 bits per heavy atom. The van der Waals surface area contributed by atoms with Gasteiger partial charge in [-0.15, -0.1) is 0 Å². The van der Waals surface area contributed by atoms with Gasteiger partial charge in [0.05, 0.1) is 30.0 Å². The van der Waals surface area contributed by atoms with E-state index < -0.39 is 27.7 Å². The second-order valence-electron chi connectivity index (χ2n) is 7.42. The first kappa shape index (κ1) is 29.1. The number of amides is 1. The number of likely N-dealkylation sites (N-methyl/N-ethyl adjacent to an activating group) is 1. The molecule has 1 amide bonds. The van der Waals surface area contributed by atoms with Gasteiger partial charge in [0.2, 0.25) is 5.88 Å². The fourth-order valence-corrected chi connectivity index (χ4v) is 4.24. The van der Waals surface area contributed by atoms with Crippen LogP contribution in [-0.4, -0.2) is 79.9 Å². The van der Waals surface area contributed by atoms with E-state index in [0.29, 0.717) is 36.0 Å². The molecule has 0 N–H and O–H groups in total. The first-order valence-electron chi connectivity index (χ1n) is 10.2. The Hall–Kier alpha value is -2.16. The number of allylic oxidation sites excluding steroid dienone is 2. The molecule has 1 saturated heterocycles. The van der Waals surface area contributed by atoms with E-state index in [1.807, 2.05) is 0 Å². The average molecular weight is 534 g/mol. The van der Waals surface area contributed by atoms with Crippen LogP contribution >= 0.6 is 12.2 Å². The molecule has 2 aliphatic rings. The molecule has 0 aliphatic carbocycles. The molecule has 0 unspecified atom stereocenters. The summed E-state index contributed by atoms with van der Waals surface area (Å²) < 4.78 is 48.6. The van der Waals surface area contributed by atoms with Crippen molar-refractivity contribution in [2.75, 3.05) is 45.0 Å². The van der Waals surface area contributed by atoms with Gasteiger partial charge in [0.25, 0.3) is 5.91 Å². The summed E-state index contributed by atoms with van der Waals surface area (Å²) in [6.07, 6.45) is 3.65. The summed E-state index contributed by atoms with van der Waals surface area (Å²) in [4.78, 5) is 28.9. The quantitative estimate of drug-likeness (QED) is 0.0889. The van der Waals surface area contributed by atoms with E-state index in [1.165, 1.54) is 37.1 Å². The van der Waals surface area contributed by atoms with Crippen molar-refractivity contribution >= 4 is 45.0 Å². The number of esters is 1. The summed E-state index contributed by atoms with van der Waals surface area (Å²) >= 11 is 5.27. The number of anilines is 1. The topological polar surface area (TPSA) is 129 Å². The molecular formula is C21H24N3NaO8S2. The Kier molecular flexibility index (Phi) is 10.1. The van der Waals surface area contributed by atoms with Gasteiger partial charge in [-0.05, 0) is 43.3 Å². The van der Waals surface area contributed by atoms with Crippen molar-refractivity contribution in [1.29, 1.82) is 0 Å². The van der Waals surface area contributed by atoms with Crippen molar-refractivity contribution in [3.8, 4) is 11.5 Å². The number of hydrogen-bond acceptors (Lipinski definition) is 10. The van der Waals surface area contributed by atoms with Gasteiger partial charge in [-0.2, -0.15) is 0 Å². The maximum absolute atomic E-state index is 12.7. The molecule has 35 heavy (non-hydrogen) atoms. The molecule has 1 fully saturated rings. The van der Waals surface area contributed by atoms with E-state index in [-0.39, 0.29) is 53.3 Å². The van der Waals surface area contributed by atoms with Crippen molar-refractivity contribution in [2.24, 2.45) is 0 Å². The molecule has 0 saturated carbocycles. The molecule has 0 bridgehead atoms. The third kappa shape index (κ3) is 6.96. The van der Waals surface area contributed by atoms with Gasteiger partial charge >= 0.3 is 35.5 Å². The SMILES string of the molecule is COC(=O)CN1C(=S)N(C)C(=O)/C1=C\C=C1/Oc2cc(OC)ccc2N1CCCCS(=O)(=O)[O-].[Na+]. The van der Waals surface area contributed by atoms with Crippen LogP contribution in [0.25, 0.3) is 0 Å². The number of ether oxygens (including phenoxy) is 3. The van der Waals surface area contributed by atoms with Crippen LogP contribution in [-0.2, 0) is 24.4 Å². The minimum Gasteiger partial charge on any atom is -0.748 e. The van der Waals surface area contributed by atoms with Crippen LogP contribution in [0.5, 0.6) is 11.5 Å². The number of thiocarbonyl (C=S) groups is 1. The summed E-state index contributed by atoms with van der Waals surface area (Å²) in [6.45, 7) is 0.133.